The van der Waals surface area contributed by atoms with Gasteiger partial charge in [0.25, 0.3) is 16.7 Å². The van der Waals surface area contributed by atoms with Crippen molar-refractivity contribution in [1.29, 1.82) is 0 Å². The van der Waals surface area contributed by atoms with Crippen LogP contribution in [0.5, 0.6) is 0 Å². The summed E-state index contributed by atoms with van der Waals surface area (Å²) in [5, 5.41) is 14.4. The Balaban J connectivity index is 1.41. The minimum absolute atomic E-state index is 0.0782. The van der Waals surface area contributed by atoms with Crippen molar-refractivity contribution in [3.63, 3.8) is 0 Å². The van der Waals surface area contributed by atoms with E-state index in [1.54, 1.807) is 6.07 Å². The molecule has 2 aromatic carbocycles. The monoisotopic (exact) mass is 489 g/mol. The zero-order valence-electron chi connectivity index (χ0n) is 19.8. The first-order valence-electron chi connectivity index (χ1n) is 11.8. The number of amides is 1. The molecule has 2 aromatic heterocycles. The molecule has 5 rings (SSSR count). The van der Waals surface area contributed by atoms with Crippen LogP contribution in [0.1, 0.15) is 38.7 Å². The molecule has 0 N–H and O–H groups in total. The second-order valence-electron chi connectivity index (χ2n) is 8.93. The van der Waals surface area contributed by atoms with Crippen molar-refractivity contribution in [2.75, 3.05) is 5.75 Å². The molecule has 2 unspecified atom stereocenters. The van der Waals surface area contributed by atoms with E-state index in [-0.39, 0.29) is 35.2 Å². The van der Waals surface area contributed by atoms with Crippen molar-refractivity contribution in [3.8, 4) is 11.6 Å². The van der Waals surface area contributed by atoms with E-state index in [2.05, 4.69) is 29.1 Å². The van der Waals surface area contributed by atoms with Crippen LogP contribution in [-0.4, -0.2) is 48.6 Å². The Morgan fingerprint density at radius 2 is 1.69 bits per heavy atom. The second kappa shape index (κ2) is 10.0. The number of nitrogens with zero attached hydrogens (tertiary/aromatic N) is 5. The third-order valence-corrected chi connectivity index (χ3v) is 7.26. The zero-order chi connectivity index (χ0) is 24.4. The number of hydrogen-bond donors (Lipinski definition) is 0. The van der Waals surface area contributed by atoms with Crippen LogP contribution in [-0.2, 0) is 11.3 Å². The summed E-state index contributed by atoms with van der Waals surface area (Å²) in [7, 11) is 0. The third kappa shape index (κ3) is 4.86. The van der Waals surface area contributed by atoms with Crippen LogP contribution in [0.25, 0.3) is 22.4 Å². The number of carbonyl (C=O) groups is 1. The van der Waals surface area contributed by atoms with Crippen LogP contribution in [0.15, 0.2) is 69.0 Å². The van der Waals surface area contributed by atoms with Crippen molar-refractivity contribution >= 4 is 28.4 Å². The molecule has 2 atom stereocenters. The van der Waals surface area contributed by atoms with Gasteiger partial charge >= 0.3 is 0 Å². The molecule has 0 bridgehead atoms. The van der Waals surface area contributed by atoms with Crippen molar-refractivity contribution in [1.82, 2.24) is 24.9 Å². The molecule has 0 radical (unpaired) electrons. The Labute approximate surface area is 207 Å². The molecule has 8 nitrogen and oxygen atoms in total. The van der Waals surface area contributed by atoms with E-state index in [4.69, 9.17) is 4.42 Å². The van der Waals surface area contributed by atoms with Crippen molar-refractivity contribution in [2.24, 2.45) is 0 Å². The maximum absolute atomic E-state index is 13.1. The van der Waals surface area contributed by atoms with E-state index in [0.29, 0.717) is 28.2 Å². The number of hydrogen-bond acceptors (Lipinski definition) is 7. The van der Waals surface area contributed by atoms with Crippen molar-refractivity contribution in [2.45, 2.75) is 57.0 Å². The summed E-state index contributed by atoms with van der Waals surface area (Å²) in [6.45, 7) is 4.53. The smallest absolute Gasteiger partial charge is 0.277 e. The van der Waals surface area contributed by atoms with Crippen molar-refractivity contribution < 1.29 is 9.21 Å². The first kappa shape index (κ1) is 23.3. The Bertz CT molecular complexity index is 1390. The van der Waals surface area contributed by atoms with E-state index in [9.17, 15) is 9.59 Å². The molecular weight excluding hydrogens is 462 g/mol. The first-order chi connectivity index (χ1) is 17.0. The fourth-order valence-corrected chi connectivity index (χ4v) is 5.36. The van der Waals surface area contributed by atoms with Gasteiger partial charge in [0.1, 0.15) is 0 Å². The van der Waals surface area contributed by atoms with E-state index in [0.717, 1.165) is 24.8 Å². The molecule has 3 heterocycles. The van der Waals surface area contributed by atoms with Crippen molar-refractivity contribution in [3.05, 3.63) is 70.5 Å². The lowest BCUT2D eigenvalue weighted by Gasteiger charge is -2.39. The largest absolute Gasteiger partial charge is 0.409 e. The molecule has 4 aromatic rings. The Hall–Kier alpha value is -3.46. The topological polar surface area (TPSA) is 94.1 Å². The highest BCUT2D eigenvalue weighted by Crippen LogP contribution is 2.28. The summed E-state index contributed by atoms with van der Waals surface area (Å²) in [6, 6.07) is 17.4. The number of rotatable bonds is 6. The number of piperidine rings is 1. The Kier molecular flexibility index (Phi) is 6.68. The first-order valence-corrected chi connectivity index (χ1v) is 12.8. The molecular formula is C26H27N5O3S. The molecule has 1 amide bonds. The Morgan fingerprint density at radius 3 is 2.43 bits per heavy atom. The van der Waals surface area contributed by atoms with Crippen LogP contribution in [0.2, 0.25) is 0 Å². The molecule has 0 saturated carbocycles. The summed E-state index contributed by atoms with van der Waals surface area (Å²) in [5.74, 6) is 0.532. The number of thioether (sulfide) groups is 1. The van der Waals surface area contributed by atoms with Gasteiger partial charge in [-0.3, -0.25) is 9.59 Å². The summed E-state index contributed by atoms with van der Waals surface area (Å²) in [4.78, 5) is 27.9. The molecule has 35 heavy (non-hydrogen) atoms. The van der Waals surface area contributed by atoms with Gasteiger partial charge in [-0.2, -0.15) is 5.10 Å². The number of carbonyl (C=O) groups excluding carboxylic acids is 1. The van der Waals surface area contributed by atoms with Crippen LogP contribution >= 0.6 is 11.8 Å². The standard InChI is InChI=1S/C26H27N5O3S/c1-17-9-8-10-18(2)31(17)22(32)16-35-26-28-27-24(34-26)23-20-13-6-7-14-21(20)25(33)30(29-23)15-19-11-4-3-5-12-19/h3-7,11-14,17-18H,8-10,15-16H2,1-2H3. The fraction of sp³-hybridized carbons (Fsp3) is 0.346. The summed E-state index contributed by atoms with van der Waals surface area (Å²) in [5.41, 5.74) is 1.22. The maximum Gasteiger partial charge on any atom is 0.277 e. The van der Waals surface area contributed by atoms with Gasteiger partial charge in [-0.1, -0.05) is 60.3 Å². The lowest BCUT2D eigenvalue weighted by molar-refractivity contribution is -0.134. The quantitative estimate of drug-likeness (QED) is 0.371. The zero-order valence-corrected chi connectivity index (χ0v) is 20.6. The SMILES string of the molecule is CC1CCCC(C)N1C(=O)CSc1nnc(-c2nn(Cc3ccccc3)c(=O)c3ccccc23)o1. The van der Waals surface area contributed by atoms with E-state index in [1.807, 2.05) is 53.4 Å². The van der Waals surface area contributed by atoms with E-state index in [1.165, 1.54) is 16.4 Å². The minimum atomic E-state index is -0.183. The highest BCUT2D eigenvalue weighted by atomic mass is 32.2. The molecule has 1 aliphatic rings. The van der Waals surface area contributed by atoms with Gasteiger partial charge in [0, 0.05) is 17.5 Å². The fourth-order valence-electron chi connectivity index (χ4n) is 4.73. The molecule has 0 aliphatic carbocycles. The Morgan fingerprint density at radius 1 is 1.00 bits per heavy atom. The third-order valence-electron chi connectivity index (χ3n) is 6.45. The number of aromatic nitrogens is 4. The van der Waals surface area contributed by atoms with Gasteiger partial charge in [0.05, 0.1) is 17.7 Å². The van der Waals surface area contributed by atoms with Crippen LogP contribution in [0, 0.1) is 0 Å². The molecule has 1 aliphatic heterocycles. The molecule has 1 saturated heterocycles. The number of likely N-dealkylation sites (tertiary alicyclic amines) is 1. The summed E-state index contributed by atoms with van der Waals surface area (Å²) >= 11 is 1.23. The van der Waals surface area contributed by atoms with E-state index >= 15 is 0 Å². The number of fused-ring (bicyclic) bond motifs is 1. The van der Waals surface area contributed by atoms with Gasteiger partial charge in [-0.25, -0.2) is 4.68 Å². The second-order valence-corrected chi connectivity index (χ2v) is 9.86. The van der Waals surface area contributed by atoms with Gasteiger partial charge in [-0.05, 0) is 44.7 Å². The predicted octanol–water partition coefficient (Wildman–Crippen LogP) is 4.38. The average molecular weight is 490 g/mol. The van der Waals surface area contributed by atoms with E-state index < -0.39 is 0 Å². The molecule has 0 spiro atoms. The molecule has 9 heteroatoms. The highest BCUT2D eigenvalue weighted by molar-refractivity contribution is 7.99. The molecule has 1 fully saturated rings. The lowest BCUT2D eigenvalue weighted by Crippen LogP contribution is -2.48. The van der Waals surface area contributed by atoms with Gasteiger partial charge in [-0.15, -0.1) is 10.2 Å². The predicted molar refractivity (Wildman–Crippen MR) is 135 cm³/mol. The average Bonchev–Trinajstić information content (AvgIpc) is 3.34. The maximum atomic E-state index is 13.1. The highest BCUT2D eigenvalue weighted by Gasteiger charge is 2.29. The molecule has 180 valence electrons. The lowest BCUT2D eigenvalue weighted by atomic mass is 9.98. The van der Waals surface area contributed by atoms with Gasteiger partial charge in [0.2, 0.25) is 5.91 Å². The summed E-state index contributed by atoms with van der Waals surface area (Å²) in [6.07, 6.45) is 3.21. The van der Waals surface area contributed by atoms with Crippen LogP contribution in [0.3, 0.4) is 0 Å². The van der Waals surface area contributed by atoms with Crippen LogP contribution in [0.4, 0.5) is 0 Å². The summed E-state index contributed by atoms with van der Waals surface area (Å²) < 4.78 is 7.33. The normalized spacial score (nSPS) is 18.2. The van der Waals surface area contributed by atoms with Gasteiger partial charge < -0.3 is 9.32 Å². The van der Waals surface area contributed by atoms with Crippen LogP contribution < -0.4 is 5.56 Å². The minimum Gasteiger partial charge on any atom is -0.409 e. The number of benzene rings is 2. The van der Waals surface area contributed by atoms with Gasteiger partial charge in [0.15, 0.2) is 5.69 Å².